The lowest BCUT2D eigenvalue weighted by Crippen LogP contribution is -2.15. The largest absolute Gasteiger partial charge is 0.326 e. The summed E-state index contributed by atoms with van der Waals surface area (Å²) >= 11 is 0. The maximum absolute atomic E-state index is 12.3. The van der Waals surface area contributed by atoms with Gasteiger partial charge in [-0.05, 0) is 48.9 Å². The highest BCUT2D eigenvalue weighted by atomic mass is 16.2. The Morgan fingerprint density at radius 2 is 1.85 bits per heavy atom. The van der Waals surface area contributed by atoms with Gasteiger partial charge >= 0.3 is 0 Å². The van der Waals surface area contributed by atoms with Crippen LogP contribution < -0.4 is 5.32 Å². The number of anilines is 1. The molecule has 2 atom stereocenters. The zero-order valence-corrected chi connectivity index (χ0v) is 11.9. The predicted octanol–water partition coefficient (Wildman–Crippen LogP) is 4.05. The van der Waals surface area contributed by atoms with Crippen LogP contribution in [0, 0.1) is 19.8 Å². The maximum atomic E-state index is 12.3. The van der Waals surface area contributed by atoms with Gasteiger partial charge in [0.25, 0.3) is 0 Å². The fourth-order valence-electron chi connectivity index (χ4n) is 2.65. The third-order valence-corrected chi connectivity index (χ3v) is 4.01. The van der Waals surface area contributed by atoms with Crippen molar-refractivity contribution >= 4 is 11.6 Å². The number of nitrogens with one attached hydrogen (secondary N) is 1. The minimum atomic E-state index is 0.123. The summed E-state index contributed by atoms with van der Waals surface area (Å²) in [5.41, 5.74) is 4.49. The molecule has 0 heterocycles. The molecule has 3 rings (SSSR count). The van der Waals surface area contributed by atoms with Gasteiger partial charge in [-0.25, -0.2) is 0 Å². The van der Waals surface area contributed by atoms with E-state index >= 15 is 0 Å². The van der Waals surface area contributed by atoms with E-state index in [0.717, 1.165) is 17.7 Å². The minimum absolute atomic E-state index is 0.123. The second kappa shape index (κ2) is 5.12. The van der Waals surface area contributed by atoms with E-state index in [-0.39, 0.29) is 11.8 Å². The summed E-state index contributed by atoms with van der Waals surface area (Å²) in [4.78, 5) is 12.3. The fraction of sp³-hybridized carbons (Fsp3) is 0.278. The first kappa shape index (κ1) is 12.9. The Morgan fingerprint density at radius 1 is 1.10 bits per heavy atom. The average molecular weight is 265 g/mol. The molecule has 0 saturated heterocycles. The summed E-state index contributed by atoms with van der Waals surface area (Å²) in [6.07, 6.45) is 0.959. The molecule has 2 aromatic rings. The molecule has 1 fully saturated rings. The number of carbonyl (C=O) groups excluding carboxylic acids is 1. The SMILES string of the molecule is Cc1ccc(C)c(NC(=O)[C@H]2C[C@H]2c2ccccc2)c1. The van der Waals surface area contributed by atoms with Crippen LogP contribution in [0.3, 0.4) is 0 Å². The third kappa shape index (κ3) is 2.60. The van der Waals surface area contributed by atoms with E-state index in [1.807, 2.05) is 44.2 Å². The summed E-state index contributed by atoms with van der Waals surface area (Å²) in [5.74, 6) is 0.659. The van der Waals surface area contributed by atoms with Crippen molar-refractivity contribution in [3.05, 3.63) is 65.2 Å². The Kier molecular flexibility index (Phi) is 3.31. The lowest BCUT2D eigenvalue weighted by Gasteiger charge is -2.09. The Balaban J connectivity index is 1.68. The first-order valence-electron chi connectivity index (χ1n) is 7.08. The topological polar surface area (TPSA) is 29.1 Å². The molecule has 0 aliphatic heterocycles. The molecule has 2 nitrogen and oxygen atoms in total. The zero-order chi connectivity index (χ0) is 14.1. The second-order valence-electron chi connectivity index (χ2n) is 5.67. The molecule has 2 heteroatoms. The van der Waals surface area contributed by atoms with Crippen LogP contribution in [-0.2, 0) is 4.79 Å². The van der Waals surface area contributed by atoms with Crippen molar-refractivity contribution in [1.29, 1.82) is 0 Å². The molecule has 0 spiro atoms. The quantitative estimate of drug-likeness (QED) is 0.891. The fourth-order valence-corrected chi connectivity index (χ4v) is 2.65. The van der Waals surface area contributed by atoms with Crippen molar-refractivity contribution in [2.45, 2.75) is 26.2 Å². The minimum Gasteiger partial charge on any atom is -0.326 e. The first-order valence-corrected chi connectivity index (χ1v) is 7.08. The zero-order valence-electron chi connectivity index (χ0n) is 11.9. The van der Waals surface area contributed by atoms with Crippen LogP contribution in [0.1, 0.15) is 29.0 Å². The van der Waals surface area contributed by atoms with Crippen molar-refractivity contribution in [3.63, 3.8) is 0 Å². The highest BCUT2D eigenvalue weighted by Gasteiger charge is 2.43. The van der Waals surface area contributed by atoms with E-state index < -0.39 is 0 Å². The van der Waals surface area contributed by atoms with Gasteiger partial charge in [-0.2, -0.15) is 0 Å². The summed E-state index contributed by atoms with van der Waals surface area (Å²) in [7, 11) is 0. The van der Waals surface area contributed by atoms with Gasteiger partial charge in [0.05, 0.1) is 0 Å². The highest BCUT2D eigenvalue weighted by molar-refractivity contribution is 5.95. The van der Waals surface area contributed by atoms with Crippen LogP contribution in [-0.4, -0.2) is 5.91 Å². The Hall–Kier alpha value is -2.09. The van der Waals surface area contributed by atoms with Gasteiger partial charge in [-0.1, -0.05) is 42.5 Å². The molecule has 102 valence electrons. The molecule has 0 unspecified atom stereocenters. The lowest BCUT2D eigenvalue weighted by atomic mass is 10.1. The smallest absolute Gasteiger partial charge is 0.228 e. The van der Waals surface area contributed by atoms with E-state index in [9.17, 15) is 4.79 Å². The van der Waals surface area contributed by atoms with Gasteiger partial charge in [-0.15, -0.1) is 0 Å². The number of hydrogen-bond donors (Lipinski definition) is 1. The molecule has 0 bridgehead atoms. The Morgan fingerprint density at radius 3 is 2.60 bits per heavy atom. The third-order valence-electron chi connectivity index (χ3n) is 4.01. The van der Waals surface area contributed by atoms with Crippen molar-refractivity contribution in [1.82, 2.24) is 0 Å². The summed E-state index contributed by atoms with van der Waals surface area (Å²) in [6.45, 7) is 4.07. The lowest BCUT2D eigenvalue weighted by molar-refractivity contribution is -0.117. The molecule has 1 saturated carbocycles. The summed E-state index contributed by atoms with van der Waals surface area (Å²) < 4.78 is 0. The van der Waals surface area contributed by atoms with Gasteiger partial charge in [0, 0.05) is 11.6 Å². The standard InChI is InChI=1S/C18H19NO/c1-12-8-9-13(2)17(10-12)19-18(20)16-11-15(16)14-6-4-3-5-7-14/h3-10,15-16H,11H2,1-2H3,(H,19,20)/t15-,16-/m0/s1. The summed E-state index contributed by atoms with van der Waals surface area (Å²) in [6, 6.07) is 16.4. The molecule has 1 aliphatic carbocycles. The molecular formula is C18H19NO. The van der Waals surface area contributed by atoms with Crippen molar-refractivity contribution in [3.8, 4) is 0 Å². The molecular weight excluding hydrogens is 246 g/mol. The van der Waals surface area contributed by atoms with Gasteiger partial charge in [0.1, 0.15) is 0 Å². The number of amides is 1. The highest BCUT2D eigenvalue weighted by Crippen LogP contribution is 2.47. The average Bonchev–Trinajstić information content (AvgIpc) is 3.24. The Labute approximate surface area is 119 Å². The monoisotopic (exact) mass is 265 g/mol. The molecule has 0 radical (unpaired) electrons. The Bertz CT molecular complexity index is 633. The molecule has 0 aromatic heterocycles. The van der Waals surface area contributed by atoms with Crippen LogP contribution in [0.5, 0.6) is 0 Å². The molecule has 1 aliphatic rings. The van der Waals surface area contributed by atoms with Gasteiger partial charge in [0.2, 0.25) is 5.91 Å². The molecule has 1 amide bonds. The number of carbonyl (C=O) groups is 1. The predicted molar refractivity (Wildman–Crippen MR) is 81.8 cm³/mol. The van der Waals surface area contributed by atoms with Crippen molar-refractivity contribution in [2.24, 2.45) is 5.92 Å². The molecule has 20 heavy (non-hydrogen) atoms. The van der Waals surface area contributed by atoms with E-state index in [4.69, 9.17) is 0 Å². The maximum Gasteiger partial charge on any atom is 0.228 e. The van der Waals surface area contributed by atoms with Crippen LogP contribution >= 0.6 is 0 Å². The van der Waals surface area contributed by atoms with Crippen LogP contribution in [0.25, 0.3) is 0 Å². The van der Waals surface area contributed by atoms with Gasteiger partial charge < -0.3 is 5.32 Å². The summed E-state index contributed by atoms with van der Waals surface area (Å²) in [5, 5.41) is 3.07. The second-order valence-corrected chi connectivity index (χ2v) is 5.67. The van der Waals surface area contributed by atoms with E-state index in [1.165, 1.54) is 11.1 Å². The number of hydrogen-bond acceptors (Lipinski definition) is 1. The van der Waals surface area contributed by atoms with Crippen LogP contribution in [0.2, 0.25) is 0 Å². The number of aryl methyl sites for hydroxylation is 2. The van der Waals surface area contributed by atoms with E-state index in [1.54, 1.807) is 0 Å². The van der Waals surface area contributed by atoms with Gasteiger partial charge in [0.15, 0.2) is 0 Å². The number of benzene rings is 2. The van der Waals surface area contributed by atoms with E-state index in [2.05, 4.69) is 23.5 Å². The molecule has 2 aromatic carbocycles. The van der Waals surface area contributed by atoms with Gasteiger partial charge in [-0.3, -0.25) is 4.79 Å². The van der Waals surface area contributed by atoms with Crippen molar-refractivity contribution in [2.75, 3.05) is 5.32 Å². The first-order chi connectivity index (χ1) is 9.65. The van der Waals surface area contributed by atoms with E-state index in [0.29, 0.717) is 5.92 Å². The normalized spacial score (nSPS) is 20.5. The van der Waals surface area contributed by atoms with Crippen molar-refractivity contribution < 1.29 is 4.79 Å². The van der Waals surface area contributed by atoms with Crippen LogP contribution in [0.4, 0.5) is 5.69 Å². The van der Waals surface area contributed by atoms with Crippen LogP contribution in [0.15, 0.2) is 48.5 Å². The molecule has 1 N–H and O–H groups in total. The number of rotatable bonds is 3.